The van der Waals surface area contributed by atoms with Crippen LogP contribution >= 0.6 is 0 Å². The van der Waals surface area contributed by atoms with Crippen LogP contribution in [0.1, 0.15) is 42.4 Å². The first-order valence-corrected chi connectivity index (χ1v) is 18.1. The van der Waals surface area contributed by atoms with E-state index in [9.17, 15) is 18.0 Å². The third-order valence-corrected chi connectivity index (χ3v) is 10.8. The molecule has 2 amide bonds. The molecule has 0 aliphatic heterocycles. The number of anilines is 1. The summed E-state index contributed by atoms with van der Waals surface area (Å²) >= 11 is 0. The Balaban J connectivity index is 1.60. The highest BCUT2D eigenvalue weighted by atomic mass is 32.2. The zero-order valence-electron chi connectivity index (χ0n) is 29.0. The lowest BCUT2D eigenvalue weighted by molar-refractivity contribution is -0.140. The molecule has 1 atom stereocenters. The van der Waals surface area contributed by atoms with Gasteiger partial charge in [-0.2, -0.15) is 0 Å². The van der Waals surface area contributed by atoms with Gasteiger partial charge in [0.25, 0.3) is 10.0 Å². The van der Waals surface area contributed by atoms with Gasteiger partial charge >= 0.3 is 0 Å². The Bertz CT molecular complexity index is 1860. The number of carbonyl (C=O) groups excluding carboxylic acids is 2. The number of aryl methyl sites for hydroxylation is 1. The number of sulfonamides is 1. The number of nitrogens with one attached hydrogen (secondary N) is 1. The lowest BCUT2D eigenvalue weighted by Crippen LogP contribution is -2.54. The van der Waals surface area contributed by atoms with Gasteiger partial charge in [-0.05, 0) is 67.3 Å². The molecule has 11 heteroatoms. The fraction of sp³-hybridized carbons (Fsp3) is 0.333. The van der Waals surface area contributed by atoms with Crippen LogP contribution in [0.15, 0.2) is 102 Å². The average Bonchev–Trinajstić information content (AvgIpc) is 3.65. The minimum absolute atomic E-state index is 0.0136. The van der Waals surface area contributed by atoms with Gasteiger partial charge in [0.05, 0.1) is 31.9 Å². The monoisotopic (exact) mass is 699 g/mol. The topological polar surface area (TPSA) is 114 Å². The number of hydrogen-bond donors (Lipinski definition) is 1. The Kier molecular flexibility index (Phi) is 12.0. The van der Waals surface area contributed by atoms with E-state index in [0.29, 0.717) is 17.2 Å². The van der Waals surface area contributed by atoms with Crippen LogP contribution < -0.4 is 23.8 Å². The van der Waals surface area contributed by atoms with Crippen molar-refractivity contribution in [2.45, 2.75) is 62.6 Å². The molecule has 4 aromatic carbocycles. The van der Waals surface area contributed by atoms with E-state index in [1.165, 1.54) is 37.3 Å². The largest absolute Gasteiger partial charge is 0.497 e. The number of ether oxygens (including phenoxy) is 3. The van der Waals surface area contributed by atoms with E-state index in [0.717, 1.165) is 46.7 Å². The summed E-state index contributed by atoms with van der Waals surface area (Å²) < 4.78 is 46.3. The highest BCUT2D eigenvalue weighted by molar-refractivity contribution is 7.92. The van der Waals surface area contributed by atoms with Crippen LogP contribution in [0.2, 0.25) is 0 Å². The molecule has 4 aromatic rings. The fourth-order valence-electron chi connectivity index (χ4n) is 6.24. The molecule has 0 unspecified atom stereocenters. The first-order valence-electron chi connectivity index (χ1n) is 16.7. The first-order chi connectivity index (χ1) is 24.1. The summed E-state index contributed by atoms with van der Waals surface area (Å²) in [5, 5.41) is 3.20. The highest BCUT2D eigenvalue weighted by Gasteiger charge is 2.36. The molecule has 0 radical (unpaired) electrons. The predicted molar refractivity (Wildman–Crippen MR) is 193 cm³/mol. The zero-order chi connectivity index (χ0) is 35.7. The molecule has 5 rings (SSSR count). The molecule has 10 nitrogen and oxygen atoms in total. The molecule has 0 heterocycles. The summed E-state index contributed by atoms with van der Waals surface area (Å²) in [6, 6.07) is 27.0. The van der Waals surface area contributed by atoms with Crippen molar-refractivity contribution >= 4 is 27.5 Å². The maximum Gasteiger partial charge on any atom is 0.264 e. The summed E-state index contributed by atoms with van der Waals surface area (Å²) in [5.74, 6) is 0.463. The third kappa shape index (κ3) is 8.76. The van der Waals surface area contributed by atoms with Gasteiger partial charge in [-0.25, -0.2) is 8.42 Å². The minimum atomic E-state index is -4.28. The van der Waals surface area contributed by atoms with Gasteiger partial charge in [0, 0.05) is 25.1 Å². The van der Waals surface area contributed by atoms with Gasteiger partial charge in [0.15, 0.2) is 11.5 Å². The molecular weight excluding hydrogens is 655 g/mol. The molecule has 1 fully saturated rings. The summed E-state index contributed by atoms with van der Waals surface area (Å²) in [6.07, 6.45) is 4.02. The van der Waals surface area contributed by atoms with E-state index in [4.69, 9.17) is 14.2 Å². The minimum Gasteiger partial charge on any atom is -0.497 e. The number of amides is 2. The quantitative estimate of drug-likeness (QED) is 0.164. The van der Waals surface area contributed by atoms with Crippen molar-refractivity contribution in [1.29, 1.82) is 0 Å². The van der Waals surface area contributed by atoms with Crippen molar-refractivity contribution in [2.75, 3.05) is 32.2 Å². The van der Waals surface area contributed by atoms with E-state index in [1.807, 2.05) is 55.5 Å². The highest BCUT2D eigenvalue weighted by Crippen LogP contribution is 2.34. The van der Waals surface area contributed by atoms with E-state index < -0.39 is 28.5 Å². The fourth-order valence-corrected chi connectivity index (χ4v) is 7.64. The van der Waals surface area contributed by atoms with Crippen LogP contribution in [0.4, 0.5) is 5.69 Å². The van der Waals surface area contributed by atoms with Crippen molar-refractivity contribution in [3.63, 3.8) is 0 Å². The number of methoxy groups -OCH3 is 3. The van der Waals surface area contributed by atoms with E-state index in [-0.39, 0.29) is 35.5 Å². The number of benzene rings is 4. The molecule has 1 aliphatic rings. The Hall–Kier alpha value is -5.03. The lowest BCUT2D eigenvalue weighted by atomic mass is 10.0. The number of nitrogens with zero attached hydrogens (tertiary/aromatic N) is 2. The second-order valence-corrected chi connectivity index (χ2v) is 14.3. The lowest BCUT2D eigenvalue weighted by Gasteiger charge is -2.34. The second kappa shape index (κ2) is 16.6. The molecule has 1 saturated carbocycles. The number of hydrogen-bond acceptors (Lipinski definition) is 7. The van der Waals surface area contributed by atoms with Crippen LogP contribution in [0.3, 0.4) is 0 Å². The summed E-state index contributed by atoms with van der Waals surface area (Å²) in [4.78, 5) is 30.6. The molecule has 0 saturated heterocycles. The average molecular weight is 700 g/mol. The summed E-state index contributed by atoms with van der Waals surface area (Å²) in [5.41, 5.74) is 2.68. The molecule has 0 spiro atoms. The SMILES string of the molecule is COc1cccc(CN(C(=O)CN(c2ccc(OC)c(OC)c2)S(=O)(=O)c2ccc(C)cc2)[C@@H](Cc2ccccc2)C(=O)NC2CCCC2)c1. The van der Waals surface area contributed by atoms with Crippen molar-refractivity contribution in [3.8, 4) is 17.2 Å². The molecule has 264 valence electrons. The second-order valence-electron chi connectivity index (χ2n) is 12.4. The Labute approximate surface area is 295 Å². The zero-order valence-corrected chi connectivity index (χ0v) is 29.8. The van der Waals surface area contributed by atoms with Gasteiger partial charge in [0.1, 0.15) is 18.3 Å². The Morgan fingerprint density at radius 3 is 2.14 bits per heavy atom. The van der Waals surface area contributed by atoms with Crippen LogP contribution in [0.5, 0.6) is 17.2 Å². The Morgan fingerprint density at radius 1 is 0.800 bits per heavy atom. The molecule has 1 aliphatic carbocycles. The first kappa shape index (κ1) is 36.3. The van der Waals surface area contributed by atoms with Gasteiger partial charge in [-0.1, -0.05) is 73.0 Å². The number of carbonyl (C=O) groups is 2. The predicted octanol–water partition coefficient (Wildman–Crippen LogP) is 5.92. The molecule has 0 aromatic heterocycles. The molecule has 50 heavy (non-hydrogen) atoms. The van der Waals surface area contributed by atoms with E-state index >= 15 is 0 Å². The van der Waals surface area contributed by atoms with Crippen LogP contribution in [-0.2, 0) is 32.6 Å². The number of rotatable bonds is 15. The van der Waals surface area contributed by atoms with Crippen molar-refractivity contribution in [2.24, 2.45) is 0 Å². The van der Waals surface area contributed by atoms with E-state index in [2.05, 4.69) is 5.32 Å². The van der Waals surface area contributed by atoms with Crippen molar-refractivity contribution < 1.29 is 32.2 Å². The Morgan fingerprint density at radius 2 is 1.48 bits per heavy atom. The molecule has 0 bridgehead atoms. The van der Waals surface area contributed by atoms with Crippen molar-refractivity contribution in [1.82, 2.24) is 10.2 Å². The van der Waals surface area contributed by atoms with Crippen molar-refractivity contribution in [3.05, 3.63) is 114 Å². The van der Waals surface area contributed by atoms with Crippen LogP contribution in [0.25, 0.3) is 0 Å². The summed E-state index contributed by atoms with van der Waals surface area (Å²) in [6.45, 7) is 1.32. The van der Waals surface area contributed by atoms with Gasteiger partial charge in [0.2, 0.25) is 11.8 Å². The van der Waals surface area contributed by atoms with Gasteiger partial charge in [-0.15, -0.1) is 0 Å². The normalized spacial score (nSPS) is 13.7. The summed E-state index contributed by atoms with van der Waals surface area (Å²) in [7, 11) is 0.224. The third-order valence-electron chi connectivity index (χ3n) is 9.00. The van der Waals surface area contributed by atoms with Gasteiger partial charge in [-0.3, -0.25) is 13.9 Å². The maximum absolute atomic E-state index is 14.8. The maximum atomic E-state index is 14.8. The van der Waals surface area contributed by atoms with E-state index in [1.54, 1.807) is 37.4 Å². The van der Waals surface area contributed by atoms with Crippen LogP contribution in [0, 0.1) is 6.92 Å². The van der Waals surface area contributed by atoms with Gasteiger partial charge < -0.3 is 24.4 Å². The molecular formula is C39H45N3O7S. The molecule has 1 N–H and O–H groups in total. The smallest absolute Gasteiger partial charge is 0.264 e. The van der Waals surface area contributed by atoms with Crippen LogP contribution in [-0.4, -0.2) is 65.1 Å². The standard InChI is InChI=1S/C39H45N3O7S/c1-28-17-20-34(21-18-28)50(45,46)42(32-19-22-36(48-3)37(25-32)49-4)27-38(43)41(26-30-13-10-16-33(23-30)47-2)35(24-29-11-6-5-7-12-29)39(44)40-31-14-8-9-15-31/h5-7,10-13,16-23,25,31,35H,8-9,14-15,24,26-27H2,1-4H3,(H,40,44)/t35-/m0/s1.